The lowest BCUT2D eigenvalue weighted by Gasteiger charge is -2.23. The van der Waals surface area contributed by atoms with E-state index in [1.54, 1.807) is 34.8 Å². The summed E-state index contributed by atoms with van der Waals surface area (Å²) in [6, 6.07) is 8.86. The molecule has 0 spiro atoms. The summed E-state index contributed by atoms with van der Waals surface area (Å²) in [6.45, 7) is 4.24. The zero-order valence-electron chi connectivity index (χ0n) is 13.1. The summed E-state index contributed by atoms with van der Waals surface area (Å²) < 4.78 is 1.80. The Morgan fingerprint density at radius 1 is 1.22 bits per heavy atom. The van der Waals surface area contributed by atoms with Crippen LogP contribution in [-0.2, 0) is 4.79 Å². The third-order valence-corrected chi connectivity index (χ3v) is 4.52. The zero-order chi connectivity index (χ0) is 16.6. The molecule has 1 aromatic carbocycles. The number of benzene rings is 1. The number of carboxylic acids is 1. The Labute approximate surface area is 134 Å². The quantitative estimate of drug-likeness (QED) is 0.941. The van der Waals surface area contributed by atoms with Gasteiger partial charge in [-0.15, -0.1) is 0 Å². The monoisotopic (exact) mass is 313 g/mol. The van der Waals surface area contributed by atoms with Crippen LogP contribution in [0.3, 0.4) is 0 Å². The highest BCUT2D eigenvalue weighted by Crippen LogP contribution is 2.26. The second-order valence-corrected chi connectivity index (χ2v) is 5.90. The van der Waals surface area contributed by atoms with Crippen molar-refractivity contribution in [1.82, 2.24) is 14.7 Å². The van der Waals surface area contributed by atoms with Gasteiger partial charge in [-0.1, -0.05) is 0 Å². The minimum absolute atomic E-state index is 0.120. The van der Waals surface area contributed by atoms with Crippen LogP contribution in [0.25, 0.3) is 5.69 Å². The van der Waals surface area contributed by atoms with Gasteiger partial charge in [0, 0.05) is 30.0 Å². The lowest BCUT2D eigenvalue weighted by atomic mass is 10.0. The summed E-state index contributed by atoms with van der Waals surface area (Å²) in [6.07, 6.45) is 2.24. The first kappa shape index (κ1) is 15.3. The highest BCUT2D eigenvalue weighted by atomic mass is 16.4. The zero-order valence-corrected chi connectivity index (χ0v) is 13.1. The Bertz CT molecular complexity index is 736. The SMILES string of the molecule is Cc1ccnn1-c1ccc(C(=O)N2CCC(C(=O)O)C2C)cc1. The number of aryl methyl sites for hydroxylation is 1. The van der Waals surface area contributed by atoms with E-state index in [0.717, 1.165) is 11.4 Å². The fraction of sp³-hybridized carbons (Fsp3) is 0.353. The maximum absolute atomic E-state index is 12.6. The van der Waals surface area contributed by atoms with Gasteiger partial charge < -0.3 is 10.0 Å². The van der Waals surface area contributed by atoms with E-state index < -0.39 is 11.9 Å². The van der Waals surface area contributed by atoms with E-state index in [0.29, 0.717) is 18.5 Å². The molecule has 23 heavy (non-hydrogen) atoms. The summed E-state index contributed by atoms with van der Waals surface area (Å²) in [7, 11) is 0. The number of aromatic nitrogens is 2. The molecule has 2 atom stereocenters. The predicted molar refractivity (Wildman–Crippen MR) is 84.5 cm³/mol. The minimum Gasteiger partial charge on any atom is -0.481 e. The lowest BCUT2D eigenvalue weighted by molar-refractivity contribution is -0.142. The lowest BCUT2D eigenvalue weighted by Crippen LogP contribution is -2.37. The molecular formula is C17H19N3O3. The van der Waals surface area contributed by atoms with Crippen LogP contribution in [0.4, 0.5) is 0 Å². The number of carboxylic acid groups (broad SMARTS) is 1. The van der Waals surface area contributed by atoms with Crippen LogP contribution >= 0.6 is 0 Å². The third kappa shape index (κ3) is 2.72. The number of likely N-dealkylation sites (tertiary alicyclic amines) is 1. The van der Waals surface area contributed by atoms with Gasteiger partial charge in [-0.3, -0.25) is 9.59 Å². The number of amides is 1. The number of rotatable bonds is 3. The van der Waals surface area contributed by atoms with Crippen molar-refractivity contribution in [2.24, 2.45) is 5.92 Å². The normalized spacial score (nSPS) is 20.7. The second kappa shape index (κ2) is 5.87. The molecule has 2 unspecified atom stereocenters. The first-order valence-corrected chi connectivity index (χ1v) is 7.64. The van der Waals surface area contributed by atoms with Crippen molar-refractivity contribution in [3.05, 3.63) is 47.8 Å². The molecule has 1 saturated heterocycles. The Morgan fingerprint density at radius 3 is 2.43 bits per heavy atom. The molecule has 1 aliphatic rings. The Balaban J connectivity index is 1.79. The Hall–Kier alpha value is -2.63. The fourth-order valence-electron chi connectivity index (χ4n) is 3.11. The van der Waals surface area contributed by atoms with E-state index in [4.69, 9.17) is 0 Å². The fourth-order valence-corrected chi connectivity index (χ4v) is 3.11. The van der Waals surface area contributed by atoms with E-state index in [-0.39, 0.29) is 11.9 Å². The average molecular weight is 313 g/mol. The van der Waals surface area contributed by atoms with Gasteiger partial charge in [0.15, 0.2) is 0 Å². The van der Waals surface area contributed by atoms with Crippen LogP contribution in [0.2, 0.25) is 0 Å². The van der Waals surface area contributed by atoms with Gasteiger partial charge >= 0.3 is 5.97 Å². The van der Waals surface area contributed by atoms with E-state index in [1.165, 1.54) is 0 Å². The van der Waals surface area contributed by atoms with Crippen molar-refractivity contribution in [2.45, 2.75) is 26.3 Å². The summed E-state index contributed by atoms with van der Waals surface area (Å²) >= 11 is 0. The van der Waals surface area contributed by atoms with Crippen molar-refractivity contribution in [3.8, 4) is 5.69 Å². The van der Waals surface area contributed by atoms with Crippen LogP contribution in [0.15, 0.2) is 36.5 Å². The molecule has 0 bridgehead atoms. The van der Waals surface area contributed by atoms with Gasteiger partial charge in [0.05, 0.1) is 11.6 Å². The predicted octanol–water partition coefficient (Wildman–Crippen LogP) is 2.12. The highest BCUT2D eigenvalue weighted by molar-refractivity contribution is 5.95. The molecule has 0 aliphatic carbocycles. The molecule has 1 aromatic heterocycles. The molecule has 0 radical (unpaired) electrons. The van der Waals surface area contributed by atoms with E-state index >= 15 is 0 Å². The van der Waals surface area contributed by atoms with E-state index in [1.807, 2.05) is 25.1 Å². The van der Waals surface area contributed by atoms with Crippen LogP contribution in [-0.4, -0.2) is 44.3 Å². The number of hydrogen-bond donors (Lipinski definition) is 1. The topological polar surface area (TPSA) is 75.4 Å². The van der Waals surface area contributed by atoms with E-state index in [9.17, 15) is 14.7 Å². The molecular weight excluding hydrogens is 294 g/mol. The summed E-state index contributed by atoms with van der Waals surface area (Å²) in [4.78, 5) is 25.4. The van der Waals surface area contributed by atoms with Gasteiger partial charge in [0.25, 0.3) is 5.91 Å². The first-order valence-electron chi connectivity index (χ1n) is 7.64. The van der Waals surface area contributed by atoms with Gasteiger partial charge in [0.2, 0.25) is 0 Å². The van der Waals surface area contributed by atoms with Crippen molar-refractivity contribution in [2.75, 3.05) is 6.54 Å². The summed E-state index contributed by atoms with van der Waals surface area (Å²) in [5.41, 5.74) is 2.47. The molecule has 1 aliphatic heterocycles. The van der Waals surface area contributed by atoms with Gasteiger partial charge in [-0.05, 0) is 50.6 Å². The highest BCUT2D eigenvalue weighted by Gasteiger charge is 2.38. The molecule has 120 valence electrons. The molecule has 1 fully saturated rings. The van der Waals surface area contributed by atoms with Gasteiger partial charge in [-0.25, -0.2) is 4.68 Å². The number of aliphatic carboxylic acids is 1. The standard InChI is InChI=1S/C17H19N3O3/c1-11-7-9-18-20(11)14-5-3-13(4-6-14)16(21)19-10-8-15(12(19)2)17(22)23/h3-7,9,12,15H,8,10H2,1-2H3,(H,22,23). The largest absolute Gasteiger partial charge is 0.481 e. The Kier molecular flexibility index (Phi) is 3.90. The van der Waals surface area contributed by atoms with Crippen LogP contribution < -0.4 is 0 Å². The number of carbonyl (C=O) groups excluding carboxylic acids is 1. The van der Waals surface area contributed by atoms with Gasteiger partial charge in [0.1, 0.15) is 0 Å². The number of hydrogen-bond acceptors (Lipinski definition) is 3. The smallest absolute Gasteiger partial charge is 0.308 e. The van der Waals surface area contributed by atoms with Crippen molar-refractivity contribution in [1.29, 1.82) is 0 Å². The third-order valence-electron chi connectivity index (χ3n) is 4.52. The van der Waals surface area contributed by atoms with Crippen LogP contribution in [0.5, 0.6) is 0 Å². The van der Waals surface area contributed by atoms with Crippen LogP contribution in [0, 0.1) is 12.8 Å². The summed E-state index contributed by atoms with van der Waals surface area (Å²) in [5, 5.41) is 13.4. The Morgan fingerprint density at radius 2 is 1.91 bits per heavy atom. The molecule has 3 rings (SSSR count). The second-order valence-electron chi connectivity index (χ2n) is 5.90. The van der Waals surface area contributed by atoms with Crippen molar-refractivity contribution < 1.29 is 14.7 Å². The van der Waals surface area contributed by atoms with Crippen molar-refractivity contribution >= 4 is 11.9 Å². The van der Waals surface area contributed by atoms with Gasteiger partial charge in [-0.2, -0.15) is 5.10 Å². The minimum atomic E-state index is -0.836. The first-order chi connectivity index (χ1) is 11.0. The number of carbonyl (C=O) groups is 2. The maximum atomic E-state index is 12.6. The summed E-state index contributed by atoms with van der Waals surface area (Å²) in [5.74, 6) is -1.44. The van der Waals surface area contributed by atoms with E-state index in [2.05, 4.69) is 5.10 Å². The molecule has 6 heteroatoms. The van der Waals surface area contributed by atoms with Crippen molar-refractivity contribution in [3.63, 3.8) is 0 Å². The molecule has 6 nitrogen and oxygen atoms in total. The average Bonchev–Trinajstić information content (AvgIpc) is 3.12. The molecule has 2 aromatic rings. The molecule has 2 heterocycles. The van der Waals surface area contributed by atoms with Crippen LogP contribution in [0.1, 0.15) is 29.4 Å². The maximum Gasteiger partial charge on any atom is 0.308 e. The number of nitrogens with zero attached hydrogens (tertiary/aromatic N) is 3. The molecule has 1 amide bonds. The molecule has 0 saturated carbocycles. The molecule has 1 N–H and O–H groups in total.